The summed E-state index contributed by atoms with van der Waals surface area (Å²) < 4.78 is 11.7. The van der Waals surface area contributed by atoms with Gasteiger partial charge in [0.15, 0.2) is 17.3 Å². The number of nitrogens with one attached hydrogen (secondary N) is 2. The first-order valence-corrected chi connectivity index (χ1v) is 13.1. The Balaban J connectivity index is 1.46. The Kier molecular flexibility index (Phi) is 5.22. The fraction of sp³-hybridized carbons (Fsp3) is 0.156. The molecular weight excluding hydrogens is 508 g/mol. The quantitative estimate of drug-likeness (QED) is 0.416. The number of ketones is 4. The van der Waals surface area contributed by atoms with Crippen LogP contribution in [0.15, 0.2) is 77.6 Å². The van der Waals surface area contributed by atoms with Crippen molar-refractivity contribution in [2.75, 3.05) is 18.5 Å². The first-order valence-electron chi connectivity index (χ1n) is 13.1. The number of Topliss-reactive ketones (excluding diaryl/α,β-unsaturated/α-hetero) is 2. The molecule has 4 aliphatic rings. The highest BCUT2D eigenvalue weighted by molar-refractivity contribution is 6.34. The minimum absolute atomic E-state index is 0.195. The molecule has 3 aromatic rings. The molecule has 0 fully saturated rings. The maximum Gasteiger partial charge on any atom is 0.239 e. The highest BCUT2D eigenvalue weighted by atomic mass is 16.5. The molecule has 3 aromatic carbocycles. The van der Waals surface area contributed by atoms with Crippen molar-refractivity contribution in [1.82, 2.24) is 0 Å². The molecule has 1 atom stereocenters. The van der Waals surface area contributed by atoms with Crippen molar-refractivity contribution >= 4 is 40.2 Å². The van der Waals surface area contributed by atoms with Gasteiger partial charge >= 0.3 is 0 Å². The van der Waals surface area contributed by atoms with Crippen molar-refractivity contribution < 1.29 is 33.6 Å². The monoisotopic (exact) mass is 531 g/mol. The molecule has 1 heterocycles. The molecule has 196 valence electrons. The summed E-state index contributed by atoms with van der Waals surface area (Å²) in [5.74, 6) is -0.614. The molecule has 8 heteroatoms. The number of rotatable bonds is 4. The van der Waals surface area contributed by atoms with E-state index in [0.717, 1.165) is 0 Å². The van der Waals surface area contributed by atoms with Crippen LogP contribution in [0.3, 0.4) is 0 Å². The van der Waals surface area contributed by atoms with Crippen LogP contribution < -0.4 is 15.0 Å². The molecule has 0 aromatic heterocycles. The van der Waals surface area contributed by atoms with Gasteiger partial charge < -0.3 is 14.8 Å². The molecule has 0 saturated carbocycles. The number of hydrogen-bond donors (Lipinski definition) is 2. The van der Waals surface area contributed by atoms with Gasteiger partial charge in [0.1, 0.15) is 28.8 Å². The molecule has 0 bridgehead atoms. The molecule has 8 nitrogen and oxygen atoms in total. The minimum Gasteiger partial charge on any atom is -0.493 e. The summed E-state index contributed by atoms with van der Waals surface area (Å²) in [5.41, 5.74) is 3.60. The number of allylic oxidation sites excluding steroid dienone is 1. The molecule has 3 aliphatic carbocycles. The van der Waals surface area contributed by atoms with Crippen LogP contribution in [0.1, 0.15) is 66.4 Å². The summed E-state index contributed by atoms with van der Waals surface area (Å²) in [7, 11) is 0. The molecule has 7 rings (SSSR count). The van der Waals surface area contributed by atoms with Crippen LogP contribution in [0.4, 0.5) is 11.4 Å². The van der Waals surface area contributed by atoms with Gasteiger partial charge in [0.25, 0.3) is 0 Å². The van der Waals surface area contributed by atoms with E-state index in [-0.39, 0.29) is 70.1 Å². The number of benzene rings is 3. The smallest absolute Gasteiger partial charge is 0.239 e. The second-order valence-electron chi connectivity index (χ2n) is 9.78. The highest BCUT2D eigenvalue weighted by Gasteiger charge is 2.48. The summed E-state index contributed by atoms with van der Waals surface area (Å²) in [6.45, 7) is 4.16. The van der Waals surface area contributed by atoms with Crippen LogP contribution in [0.2, 0.25) is 0 Å². The van der Waals surface area contributed by atoms with E-state index in [4.69, 9.17) is 9.47 Å². The molecule has 1 unspecified atom stereocenters. The van der Waals surface area contributed by atoms with Crippen molar-refractivity contribution in [2.24, 2.45) is 0 Å². The van der Waals surface area contributed by atoms with Gasteiger partial charge in [-0.3, -0.25) is 19.2 Å². The molecular formula is C32H23N2O6+. The molecule has 0 spiro atoms. The van der Waals surface area contributed by atoms with Crippen molar-refractivity contribution in [3.05, 3.63) is 111 Å². The number of carbonyl (C=O) groups is 4. The van der Waals surface area contributed by atoms with Gasteiger partial charge in [0.2, 0.25) is 17.2 Å². The number of hydrogen-bond acceptors (Lipinski definition) is 7. The van der Waals surface area contributed by atoms with Crippen LogP contribution in [-0.4, -0.2) is 48.1 Å². The van der Waals surface area contributed by atoms with Gasteiger partial charge in [-0.15, -0.1) is 0 Å². The fourth-order valence-electron chi connectivity index (χ4n) is 5.97. The Bertz CT molecular complexity index is 1830. The first-order chi connectivity index (χ1) is 19.4. The lowest BCUT2D eigenvalue weighted by atomic mass is 9.75. The normalized spacial score (nSPS) is 18.3. The van der Waals surface area contributed by atoms with E-state index >= 15 is 0 Å². The third-order valence-corrected chi connectivity index (χ3v) is 7.62. The van der Waals surface area contributed by atoms with Gasteiger partial charge in [0, 0.05) is 33.9 Å². The van der Waals surface area contributed by atoms with Gasteiger partial charge in [-0.1, -0.05) is 48.5 Å². The number of anilines is 1. The second-order valence-corrected chi connectivity index (χ2v) is 9.78. The Morgan fingerprint density at radius 3 is 1.95 bits per heavy atom. The zero-order chi connectivity index (χ0) is 27.7. The fourth-order valence-corrected chi connectivity index (χ4v) is 5.97. The lowest BCUT2D eigenvalue weighted by Gasteiger charge is -2.33. The van der Waals surface area contributed by atoms with Crippen LogP contribution in [0.25, 0.3) is 0 Å². The van der Waals surface area contributed by atoms with E-state index in [1.807, 2.05) is 0 Å². The molecule has 40 heavy (non-hydrogen) atoms. The standard InChI is InChI=1S/C32H22N2O6/c1-3-39-21-13-19-27(25-23(21)29(35)15-9-5-7-11-17(15)31(25)37)34-20-14-22(40-4-2)24-26(28(20)33-19)32(38)18-12-8-6-10-16(18)30(24)36/h5-14,27,34H,3-4H2,1-2H3/p+1. The number of carbonyl (C=O) groups excluding carboxylic acids is 4. The highest BCUT2D eigenvalue weighted by Crippen LogP contribution is 2.43. The van der Waals surface area contributed by atoms with E-state index in [2.05, 4.69) is 10.3 Å². The van der Waals surface area contributed by atoms with Crippen LogP contribution in [0.5, 0.6) is 5.75 Å². The maximum atomic E-state index is 13.9. The van der Waals surface area contributed by atoms with Gasteiger partial charge in [-0.2, -0.15) is 0 Å². The van der Waals surface area contributed by atoms with E-state index in [1.54, 1.807) is 74.5 Å². The van der Waals surface area contributed by atoms with E-state index in [0.29, 0.717) is 39.3 Å². The largest absolute Gasteiger partial charge is 0.493 e. The van der Waals surface area contributed by atoms with Crippen molar-refractivity contribution in [2.45, 2.75) is 19.9 Å². The lowest BCUT2D eigenvalue weighted by molar-refractivity contribution is -0.355. The summed E-state index contributed by atoms with van der Waals surface area (Å²) in [5, 5.41) is 3.38. The Morgan fingerprint density at radius 1 is 0.750 bits per heavy atom. The molecule has 0 amide bonds. The minimum atomic E-state index is -0.717. The summed E-state index contributed by atoms with van der Waals surface area (Å²) in [6, 6.07) is 14.4. The van der Waals surface area contributed by atoms with Crippen molar-refractivity contribution in [1.29, 1.82) is 0 Å². The van der Waals surface area contributed by atoms with E-state index < -0.39 is 6.04 Å². The predicted molar refractivity (Wildman–Crippen MR) is 146 cm³/mol. The number of fused-ring (bicyclic) bond motifs is 7. The third kappa shape index (κ3) is 3.16. The Morgan fingerprint density at radius 2 is 1.32 bits per heavy atom. The molecule has 2 N–H and O–H groups in total. The maximum absolute atomic E-state index is 13.9. The Hall–Kier alpha value is -5.11. The SMILES string of the molecule is CCOC1=CC2=[NH+]c3c(cc(OCC)c4c3C(=O)c3ccccc3C4=O)NC2C2=C1C(=O)c1ccccc1C2=O. The first kappa shape index (κ1) is 24.0. The average Bonchev–Trinajstić information content (AvgIpc) is 2.97. The summed E-state index contributed by atoms with van der Waals surface area (Å²) in [4.78, 5) is 58.3. The topological polar surface area (TPSA) is 113 Å². The lowest BCUT2D eigenvalue weighted by Crippen LogP contribution is -2.74. The second kappa shape index (κ2) is 8.71. The van der Waals surface area contributed by atoms with Gasteiger partial charge in [0.05, 0.1) is 30.4 Å². The molecule has 1 aliphatic heterocycles. The molecule has 0 saturated heterocycles. The average molecular weight is 532 g/mol. The van der Waals surface area contributed by atoms with Crippen LogP contribution in [-0.2, 0) is 4.74 Å². The number of ether oxygens (including phenoxy) is 2. The van der Waals surface area contributed by atoms with Crippen LogP contribution >= 0.6 is 0 Å². The Labute approximate surface area is 229 Å². The zero-order valence-electron chi connectivity index (χ0n) is 21.7. The molecule has 0 radical (unpaired) electrons. The van der Waals surface area contributed by atoms with Crippen molar-refractivity contribution in [3.63, 3.8) is 0 Å². The predicted octanol–water partition coefficient (Wildman–Crippen LogP) is 3.12. The van der Waals surface area contributed by atoms with Gasteiger partial charge in [-0.25, -0.2) is 4.99 Å². The van der Waals surface area contributed by atoms with E-state index in [9.17, 15) is 19.2 Å². The van der Waals surface area contributed by atoms with Gasteiger partial charge in [-0.05, 0) is 13.8 Å². The third-order valence-electron chi connectivity index (χ3n) is 7.62. The zero-order valence-corrected chi connectivity index (χ0v) is 21.7. The van der Waals surface area contributed by atoms with Crippen molar-refractivity contribution in [3.8, 4) is 5.75 Å². The summed E-state index contributed by atoms with van der Waals surface area (Å²) in [6.07, 6.45) is 1.69. The summed E-state index contributed by atoms with van der Waals surface area (Å²) >= 11 is 0. The van der Waals surface area contributed by atoms with E-state index in [1.165, 1.54) is 0 Å². The van der Waals surface area contributed by atoms with Crippen LogP contribution in [0, 0.1) is 0 Å².